The lowest BCUT2D eigenvalue weighted by molar-refractivity contribution is 0.0746. The van der Waals surface area contributed by atoms with Gasteiger partial charge in [-0.25, -0.2) is 14.4 Å². The lowest BCUT2D eigenvalue weighted by atomic mass is 10.1. The Morgan fingerprint density at radius 1 is 0.919 bits per heavy atom. The Bertz CT molecular complexity index is 1230. The summed E-state index contributed by atoms with van der Waals surface area (Å²) in [5.74, 6) is 1.32. The van der Waals surface area contributed by atoms with Gasteiger partial charge in [0.1, 0.15) is 16.8 Å². The van der Waals surface area contributed by atoms with Crippen LogP contribution in [0.3, 0.4) is 0 Å². The average molecular weight is 541 g/mol. The molecule has 0 aliphatic carbocycles. The fraction of sp³-hybridized carbons (Fsp3) is 0.370. The summed E-state index contributed by atoms with van der Waals surface area (Å²) in [6.45, 7) is 6.17. The van der Waals surface area contributed by atoms with Crippen LogP contribution in [0.5, 0.6) is 0 Å². The molecule has 5 rings (SSSR count). The summed E-state index contributed by atoms with van der Waals surface area (Å²) in [5.41, 5.74) is 2.33. The number of halogens is 2. The van der Waals surface area contributed by atoms with Crippen LogP contribution in [-0.4, -0.2) is 85.1 Å². The standard InChI is InChI=1S/C27H30ClFN6OS/c1-32-10-12-34(13-11-32)25-18-24(28)30-27(31-25)37-19-20-6-8-21(9-7-20)26(36)35-16-14-33(15-17-35)23-5-3-2-4-22(23)29/h2-9,18H,10-17,19H2,1H3. The van der Waals surface area contributed by atoms with Crippen LogP contribution < -0.4 is 9.80 Å². The van der Waals surface area contributed by atoms with Gasteiger partial charge in [0.15, 0.2) is 5.16 Å². The molecule has 194 valence electrons. The number of likely N-dealkylation sites (N-methyl/N-ethyl adjacent to an activating group) is 1. The van der Waals surface area contributed by atoms with Gasteiger partial charge >= 0.3 is 0 Å². The van der Waals surface area contributed by atoms with Crippen LogP contribution in [0.25, 0.3) is 0 Å². The second-order valence-corrected chi connectivity index (χ2v) is 10.7. The second kappa shape index (κ2) is 11.7. The molecule has 2 fully saturated rings. The molecule has 3 aromatic rings. The van der Waals surface area contributed by atoms with Crippen molar-refractivity contribution in [2.45, 2.75) is 10.9 Å². The zero-order chi connectivity index (χ0) is 25.8. The number of anilines is 2. The minimum atomic E-state index is -0.227. The third-order valence-corrected chi connectivity index (χ3v) is 7.93. The van der Waals surface area contributed by atoms with E-state index in [9.17, 15) is 9.18 Å². The van der Waals surface area contributed by atoms with E-state index in [0.29, 0.717) is 53.5 Å². The molecule has 1 amide bonds. The minimum Gasteiger partial charge on any atom is -0.366 e. The number of hydrogen-bond acceptors (Lipinski definition) is 7. The second-order valence-electron chi connectivity index (χ2n) is 9.34. The van der Waals surface area contributed by atoms with Crippen molar-refractivity contribution in [1.29, 1.82) is 0 Å². The smallest absolute Gasteiger partial charge is 0.253 e. The van der Waals surface area contributed by atoms with Gasteiger partial charge in [-0.2, -0.15) is 0 Å². The number of amides is 1. The molecule has 0 radical (unpaired) electrons. The van der Waals surface area contributed by atoms with Gasteiger partial charge in [-0.05, 0) is 36.9 Å². The van der Waals surface area contributed by atoms with Crippen molar-refractivity contribution in [3.05, 3.63) is 76.7 Å². The topological polar surface area (TPSA) is 55.8 Å². The molecule has 0 atom stereocenters. The van der Waals surface area contributed by atoms with Crippen molar-refractivity contribution >= 4 is 40.8 Å². The van der Waals surface area contributed by atoms with Gasteiger partial charge in [0.2, 0.25) is 0 Å². The lowest BCUT2D eigenvalue weighted by Gasteiger charge is -2.36. The van der Waals surface area contributed by atoms with Gasteiger partial charge in [-0.3, -0.25) is 4.79 Å². The molecule has 0 spiro atoms. The third kappa shape index (κ3) is 6.34. The van der Waals surface area contributed by atoms with E-state index in [1.807, 2.05) is 46.2 Å². The molecule has 2 saturated heterocycles. The number of para-hydroxylation sites is 1. The zero-order valence-electron chi connectivity index (χ0n) is 20.8. The maximum Gasteiger partial charge on any atom is 0.253 e. The Labute approximate surface area is 226 Å². The number of hydrogen-bond donors (Lipinski definition) is 0. The largest absolute Gasteiger partial charge is 0.366 e. The molecule has 1 aromatic heterocycles. The summed E-state index contributed by atoms with van der Waals surface area (Å²) in [6.07, 6.45) is 0. The SMILES string of the molecule is CN1CCN(c2cc(Cl)nc(SCc3ccc(C(=O)N4CCN(c5ccccc5F)CC4)cc3)n2)CC1. The third-order valence-electron chi connectivity index (χ3n) is 6.82. The molecule has 0 unspecified atom stereocenters. The number of carbonyl (C=O) groups is 1. The summed E-state index contributed by atoms with van der Waals surface area (Å²) in [7, 11) is 2.12. The first-order valence-corrected chi connectivity index (χ1v) is 13.8. The van der Waals surface area contributed by atoms with Gasteiger partial charge in [0.25, 0.3) is 5.91 Å². The van der Waals surface area contributed by atoms with Crippen molar-refractivity contribution in [2.75, 3.05) is 69.2 Å². The zero-order valence-corrected chi connectivity index (χ0v) is 22.4. The Hall–Kier alpha value is -2.88. The molecule has 37 heavy (non-hydrogen) atoms. The Morgan fingerprint density at radius 2 is 1.59 bits per heavy atom. The molecule has 2 aromatic carbocycles. The molecular weight excluding hydrogens is 511 g/mol. The average Bonchev–Trinajstić information content (AvgIpc) is 2.92. The molecule has 3 heterocycles. The quantitative estimate of drug-likeness (QED) is 0.263. The lowest BCUT2D eigenvalue weighted by Crippen LogP contribution is -2.49. The van der Waals surface area contributed by atoms with Crippen LogP contribution in [-0.2, 0) is 5.75 Å². The van der Waals surface area contributed by atoms with Gasteiger partial charge < -0.3 is 19.6 Å². The van der Waals surface area contributed by atoms with Crippen molar-refractivity contribution in [2.24, 2.45) is 0 Å². The van der Waals surface area contributed by atoms with E-state index < -0.39 is 0 Å². The van der Waals surface area contributed by atoms with Crippen molar-refractivity contribution < 1.29 is 9.18 Å². The Morgan fingerprint density at radius 3 is 2.30 bits per heavy atom. The summed E-state index contributed by atoms with van der Waals surface area (Å²) in [6, 6.07) is 16.3. The van der Waals surface area contributed by atoms with Gasteiger partial charge in [-0.15, -0.1) is 0 Å². The van der Waals surface area contributed by atoms with Gasteiger partial charge in [0, 0.05) is 69.7 Å². The summed E-state index contributed by atoms with van der Waals surface area (Å²) < 4.78 is 14.1. The van der Waals surface area contributed by atoms with E-state index in [1.165, 1.54) is 17.8 Å². The first kappa shape index (κ1) is 25.8. The fourth-order valence-corrected chi connectivity index (χ4v) is 5.62. The van der Waals surface area contributed by atoms with Gasteiger partial charge in [-0.1, -0.05) is 47.6 Å². The van der Waals surface area contributed by atoms with Crippen LogP contribution >= 0.6 is 23.4 Å². The highest BCUT2D eigenvalue weighted by Crippen LogP contribution is 2.26. The maximum absolute atomic E-state index is 14.1. The fourth-order valence-electron chi connectivity index (χ4n) is 4.58. The molecule has 2 aliphatic heterocycles. The number of thioether (sulfide) groups is 1. The highest BCUT2D eigenvalue weighted by molar-refractivity contribution is 7.98. The van der Waals surface area contributed by atoms with E-state index in [-0.39, 0.29) is 11.7 Å². The van der Waals surface area contributed by atoms with Crippen molar-refractivity contribution in [1.82, 2.24) is 19.8 Å². The van der Waals surface area contributed by atoms with Crippen LogP contribution in [0.2, 0.25) is 5.15 Å². The maximum atomic E-state index is 14.1. The van der Waals surface area contributed by atoms with Gasteiger partial charge in [0.05, 0.1) is 5.69 Å². The Kier molecular flexibility index (Phi) is 8.12. The number of rotatable bonds is 6. The van der Waals surface area contributed by atoms with E-state index in [1.54, 1.807) is 12.1 Å². The predicted molar refractivity (Wildman–Crippen MR) is 147 cm³/mol. The monoisotopic (exact) mass is 540 g/mol. The number of nitrogens with zero attached hydrogens (tertiary/aromatic N) is 6. The summed E-state index contributed by atoms with van der Waals surface area (Å²) in [5, 5.41) is 1.09. The predicted octanol–water partition coefficient (Wildman–Crippen LogP) is 4.28. The first-order chi connectivity index (χ1) is 18.0. The summed E-state index contributed by atoms with van der Waals surface area (Å²) >= 11 is 7.83. The van der Waals surface area contributed by atoms with Crippen molar-refractivity contribution in [3.63, 3.8) is 0 Å². The molecular formula is C27H30ClFN6OS. The number of aromatic nitrogens is 2. The number of carbonyl (C=O) groups excluding carboxylic acids is 1. The van der Waals surface area contributed by atoms with Crippen LogP contribution in [0, 0.1) is 5.82 Å². The number of benzene rings is 2. The van der Waals surface area contributed by atoms with Crippen molar-refractivity contribution in [3.8, 4) is 0 Å². The van der Waals surface area contributed by atoms with E-state index in [0.717, 1.165) is 37.6 Å². The van der Waals surface area contributed by atoms with E-state index in [2.05, 4.69) is 21.8 Å². The van der Waals surface area contributed by atoms with E-state index >= 15 is 0 Å². The van der Waals surface area contributed by atoms with Crippen LogP contribution in [0.15, 0.2) is 59.8 Å². The van der Waals surface area contributed by atoms with Crippen LogP contribution in [0.1, 0.15) is 15.9 Å². The first-order valence-electron chi connectivity index (χ1n) is 12.4. The molecule has 2 aliphatic rings. The Balaban J connectivity index is 1.15. The molecule has 0 N–H and O–H groups in total. The molecule has 7 nitrogen and oxygen atoms in total. The number of piperazine rings is 2. The molecule has 0 saturated carbocycles. The highest BCUT2D eigenvalue weighted by atomic mass is 35.5. The highest BCUT2D eigenvalue weighted by Gasteiger charge is 2.23. The van der Waals surface area contributed by atoms with E-state index in [4.69, 9.17) is 16.6 Å². The van der Waals surface area contributed by atoms with Crippen LogP contribution in [0.4, 0.5) is 15.9 Å². The molecule has 10 heteroatoms. The summed E-state index contributed by atoms with van der Waals surface area (Å²) in [4.78, 5) is 30.5. The minimum absolute atomic E-state index is 0.00220. The normalized spacial score (nSPS) is 16.8. The molecule has 0 bridgehead atoms.